The number of piperidine rings is 1. The fourth-order valence-electron chi connectivity index (χ4n) is 3.97. The number of nitriles is 1. The van der Waals surface area contributed by atoms with Crippen LogP contribution in [0.3, 0.4) is 0 Å². The van der Waals surface area contributed by atoms with Gasteiger partial charge in [-0.2, -0.15) is 5.26 Å². The number of benzene rings is 1. The van der Waals surface area contributed by atoms with Gasteiger partial charge in [0.05, 0.1) is 11.6 Å². The van der Waals surface area contributed by atoms with Gasteiger partial charge in [-0.1, -0.05) is 0 Å². The minimum absolute atomic E-state index is 0.0934. The van der Waals surface area contributed by atoms with Crippen molar-refractivity contribution < 1.29 is 4.79 Å². The topological polar surface area (TPSA) is 50.6 Å². The molecule has 2 fully saturated rings. The van der Waals surface area contributed by atoms with Crippen molar-refractivity contribution in [3.8, 4) is 6.07 Å². The number of hydrogen-bond acceptors (Lipinski definition) is 4. The monoisotopic (exact) mass is 340 g/mol. The van der Waals surface area contributed by atoms with Gasteiger partial charge in [-0.05, 0) is 57.0 Å². The maximum Gasteiger partial charge on any atom is 0.253 e. The van der Waals surface area contributed by atoms with Gasteiger partial charge < -0.3 is 9.80 Å². The predicted octanol–water partition coefficient (Wildman–Crippen LogP) is 2.05. The highest BCUT2D eigenvalue weighted by atomic mass is 16.2. The van der Waals surface area contributed by atoms with Gasteiger partial charge in [0, 0.05) is 50.9 Å². The Labute approximate surface area is 150 Å². The molecule has 1 atom stereocenters. The highest BCUT2D eigenvalue weighted by Crippen LogP contribution is 2.22. The Hall–Kier alpha value is -1.90. The van der Waals surface area contributed by atoms with Crippen LogP contribution >= 0.6 is 0 Å². The lowest BCUT2D eigenvalue weighted by molar-refractivity contribution is 0.0556. The van der Waals surface area contributed by atoms with Crippen molar-refractivity contribution in [2.24, 2.45) is 5.92 Å². The molecule has 0 aliphatic carbocycles. The summed E-state index contributed by atoms with van der Waals surface area (Å²) in [6, 6.07) is 9.67. The minimum atomic E-state index is 0.0934. The molecule has 0 N–H and O–H groups in total. The van der Waals surface area contributed by atoms with Gasteiger partial charge >= 0.3 is 0 Å². The zero-order valence-corrected chi connectivity index (χ0v) is 15.3. The first-order chi connectivity index (χ1) is 12.1. The van der Waals surface area contributed by atoms with Crippen LogP contribution in [0.2, 0.25) is 0 Å². The van der Waals surface area contributed by atoms with E-state index in [1.165, 1.54) is 0 Å². The van der Waals surface area contributed by atoms with Gasteiger partial charge in [0.25, 0.3) is 5.91 Å². The number of carbonyl (C=O) groups excluding carboxylic acids is 1. The molecule has 1 aromatic rings. The molecule has 1 aromatic carbocycles. The first-order valence-corrected chi connectivity index (χ1v) is 9.29. The fraction of sp³-hybridized carbons (Fsp3) is 0.600. The molecule has 0 saturated carbocycles. The molecule has 2 heterocycles. The van der Waals surface area contributed by atoms with Gasteiger partial charge in [-0.25, -0.2) is 0 Å². The largest absolute Gasteiger partial charge is 0.339 e. The lowest BCUT2D eigenvalue weighted by atomic mass is 9.94. The highest BCUT2D eigenvalue weighted by molar-refractivity contribution is 5.94. The Morgan fingerprint density at radius 3 is 2.44 bits per heavy atom. The number of likely N-dealkylation sites (tertiary alicyclic amines) is 1. The number of carbonyl (C=O) groups is 1. The smallest absolute Gasteiger partial charge is 0.253 e. The van der Waals surface area contributed by atoms with Crippen LogP contribution in [0, 0.1) is 17.2 Å². The van der Waals surface area contributed by atoms with E-state index in [2.05, 4.69) is 29.8 Å². The SMILES string of the molecule is CC1CN(C)CCN1CC1CCN(C(=O)c2ccc(C#N)cc2)CC1. The molecule has 0 aromatic heterocycles. The van der Waals surface area contributed by atoms with Crippen LogP contribution in [0.1, 0.15) is 35.7 Å². The Bertz CT molecular complexity index is 628. The maximum atomic E-state index is 12.6. The second-order valence-electron chi connectivity index (χ2n) is 7.53. The van der Waals surface area contributed by atoms with Crippen molar-refractivity contribution in [1.29, 1.82) is 5.26 Å². The summed E-state index contributed by atoms with van der Waals surface area (Å²) >= 11 is 0. The first kappa shape index (κ1) is 17.9. The third-order valence-electron chi connectivity index (χ3n) is 5.62. The molecule has 0 radical (unpaired) electrons. The van der Waals surface area contributed by atoms with Gasteiger partial charge in [-0.15, -0.1) is 0 Å². The standard InChI is InChI=1S/C20H28N4O/c1-16-14-22(2)11-12-24(16)15-18-7-9-23(10-8-18)20(25)19-5-3-17(13-21)4-6-19/h3-6,16,18H,7-12,14-15H2,1-2H3. The summed E-state index contributed by atoms with van der Waals surface area (Å²) in [5.41, 5.74) is 1.28. The quantitative estimate of drug-likeness (QED) is 0.845. The lowest BCUT2D eigenvalue weighted by Gasteiger charge is -2.41. The molecule has 25 heavy (non-hydrogen) atoms. The molecule has 2 aliphatic heterocycles. The number of hydrogen-bond donors (Lipinski definition) is 0. The molecule has 1 unspecified atom stereocenters. The van der Waals surface area contributed by atoms with E-state index < -0.39 is 0 Å². The van der Waals surface area contributed by atoms with Crippen molar-refractivity contribution in [2.75, 3.05) is 46.3 Å². The number of amides is 1. The van der Waals surface area contributed by atoms with E-state index in [1.54, 1.807) is 24.3 Å². The summed E-state index contributed by atoms with van der Waals surface area (Å²) in [7, 11) is 2.20. The van der Waals surface area contributed by atoms with Gasteiger partial charge in [0.2, 0.25) is 0 Å². The molecule has 134 valence electrons. The second-order valence-corrected chi connectivity index (χ2v) is 7.53. The third-order valence-corrected chi connectivity index (χ3v) is 5.62. The van der Waals surface area contributed by atoms with Crippen LogP contribution in [-0.2, 0) is 0 Å². The van der Waals surface area contributed by atoms with Crippen LogP contribution in [-0.4, -0.2) is 73.0 Å². The first-order valence-electron chi connectivity index (χ1n) is 9.29. The van der Waals surface area contributed by atoms with Crippen LogP contribution in [0.5, 0.6) is 0 Å². The summed E-state index contributed by atoms with van der Waals surface area (Å²) in [5, 5.41) is 8.86. The van der Waals surface area contributed by atoms with E-state index in [1.807, 2.05) is 4.90 Å². The number of piperazine rings is 1. The Balaban J connectivity index is 1.49. The molecular weight excluding hydrogens is 312 g/mol. The van der Waals surface area contributed by atoms with E-state index >= 15 is 0 Å². The average molecular weight is 340 g/mol. The van der Waals surface area contributed by atoms with Crippen LogP contribution in [0.4, 0.5) is 0 Å². The van der Waals surface area contributed by atoms with E-state index in [9.17, 15) is 4.79 Å². The number of likely N-dealkylation sites (N-methyl/N-ethyl adjacent to an activating group) is 1. The van der Waals surface area contributed by atoms with E-state index in [0.717, 1.165) is 52.1 Å². The second kappa shape index (κ2) is 7.99. The summed E-state index contributed by atoms with van der Waals surface area (Å²) in [6.07, 6.45) is 2.17. The van der Waals surface area contributed by atoms with Crippen LogP contribution in [0.25, 0.3) is 0 Å². The Morgan fingerprint density at radius 1 is 1.16 bits per heavy atom. The minimum Gasteiger partial charge on any atom is -0.339 e. The van der Waals surface area contributed by atoms with E-state index in [0.29, 0.717) is 23.1 Å². The zero-order valence-electron chi connectivity index (χ0n) is 15.3. The Morgan fingerprint density at radius 2 is 1.84 bits per heavy atom. The predicted molar refractivity (Wildman–Crippen MR) is 98.3 cm³/mol. The van der Waals surface area contributed by atoms with Crippen molar-refractivity contribution in [3.63, 3.8) is 0 Å². The molecule has 2 saturated heterocycles. The van der Waals surface area contributed by atoms with Gasteiger partial charge in [0.1, 0.15) is 0 Å². The van der Waals surface area contributed by atoms with Crippen molar-refractivity contribution in [1.82, 2.24) is 14.7 Å². The Kier molecular flexibility index (Phi) is 5.72. The van der Waals surface area contributed by atoms with E-state index in [4.69, 9.17) is 5.26 Å². The third kappa shape index (κ3) is 4.39. The molecule has 0 spiro atoms. The zero-order chi connectivity index (χ0) is 17.8. The average Bonchev–Trinajstić information content (AvgIpc) is 2.64. The summed E-state index contributed by atoms with van der Waals surface area (Å²) < 4.78 is 0. The maximum absolute atomic E-state index is 12.6. The number of nitrogens with zero attached hydrogens (tertiary/aromatic N) is 4. The van der Waals surface area contributed by atoms with Crippen LogP contribution < -0.4 is 0 Å². The van der Waals surface area contributed by atoms with Gasteiger partial charge in [0.15, 0.2) is 0 Å². The summed E-state index contributed by atoms with van der Waals surface area (Å²) in [5.74, 6) is 0.784. The van der Waals surface area contributed by atoms with E-state index in [-0.39, 0.29) is 5.91 Å². The molecule has 0 bridgehead atoms. The van der Waals surface area contributed by atoms with Crippen LogP contribution in [0.15, 0.2) is 24.3 Å². The summed E-state index contributed by atoms with van der Waals surface area (Å²) in [4.78, 5) is 19.6. The van der Waals surface area contributed by atoms with Crippen molar-refractivity contribution >= 4 is 5.91 Å². The van der Waals surface area contributed by atoms with Crippen molar-refractivity contribution in [3.05, 3.63) is 35.4 Å². The molecule has 5 nitrogen and oxygen atoms in total. The fourth-order valence-corrected chi connectivity index (χ4v) is 3.97. The highest BCUT2D eigenvalue weighted by Gasteiger charge is 2.28. The number of rotatable bonds is 3. The summed E-state index contributed by atoms with van der Waals surface area (Å²) in [6.45, 7) is 8.61. The lowest BCUT2D eigenvalue weighted by Crippen LogP contribution is -2.52. The normalized spacial score (nSPS) is 23.4. The molecule has 2 aliphatic rings. The molecule has 3 rings (SSSR count). The molecule has 5 heteroatoms. The van der Waals surface area contributed by atoms with Gasteiger partial charge in [-0.3, -0.25) is 9.69 Å². The van der Waals surface area contributed by atoms with Crippen molar-refractivity contribution in [2.45, 2.75) is 25.8 Å². The molecule has 1 amide bonds. The molecular formula is C20H28N4O.